The molecule has 0 aliphatic carbocycles. The van der Waals surface area contributed by atoms with Gasteiger partial charge in [-0.05, 0) is 37.7 Å². The van der Waals surface area contributed by atoms with Crippen LogP contribution in [0, 0.1) is 12.7 Å². The van der Waals surface area contributed by atoms with Crippen LogP contribution in [0.15, 0.2) is 36.4 Å². The van der Waals surface area contributed by atoms with E-state index in [1.807, 2.05) is 38.2 Å². The van der Waals surface area contributed by atoms with Gasteiger partial charge in [-0.25, -0.2) is 4.39 Å². The van der Waals surface area contributed by atoms with Crippen molar-refractivity contribution >= 4 is 0 Å². The molecule has 0 fully saturated rings. The molecule has 3 nitrogen and oxygen atoms in total. The van der Waals surface area contributed by atoms with Crippen LogP contribution in [0.5, 0.6) is 0 Å². The molecule has 106 valence electrons. The fourth-order valence-corrected chi connectivity index (χ4v) is 2.21. The average molecular weight is 273 g/mol. The minimum absolute atomic E-state index is 0.225. The number of nitrogens with two attached hydrogens (primary N) is 1. The summed E-state index contributed by atoms with van der Waals surface area (Å²) in [5, 5.41) is 0. The van der Waals surface area contributed by atoms with Crippen LogP contribution >= 0.6 is 0 Å². The molecule has 0 saturated heterocycles. The molecular formula is C16H20FN3. The SMILES string of the molecule is Cc1cccc(CN(C)Cc2ccc(F)c(CN)c2)n1. The first-order valence-electron chi connectivity index (χ1n) is 6.67. The molecular weight excluding hydrogens is 253 g/mol. The van der Waals surface area contributed by atoms with Crippen LogP contribution in [-0.4, -0.2) is 16.9 Å². The molecule has 0 bridgehead atoms. The van der Waals surface area contributed by atoms with Gasteiger partial charge in [0.25, 0.3) is 0 Å². The van der Waals surface area contributed by atoms with Gasteiger partial charge in [-0.3, -0.25) is 9.88 Å². The highest BCUT2D eigenvalue weighted by molar-refractivity contribution is 5.25. The minimum Gasteiger partial charge on any atom is -0.326 e. The number of benzene rings is 1. The van der Waals surface area contributed by atoms with Crippen molar-refractivity contribution in [2.45, 2.75) is 26.6 Å². The molecule has 0 aliphatic rings. The van der Waals surface area contributed by atoms with Gasteiger partial charge in [0.05, 0.1) is 5.69 Å². The van der Waals surface area contributed by atoms with Crippen molar-refractivity contribution in [3.05, 3.63) is 64.7 Å². The molecule has 0 aliphatic heterocycles. The van der Waals surface area contributed by atoms with E-state index in [0.29, 0.717) is 5.56 Å². The number of halogens is 1. The molecule has 2 aromatic rings. The summed E-state index contributed by atoms with van der Waals surface area (Å²) in [5.74, 6) is -0.237. The number of pyridine rings is 1. The van der Waals surface area contributed by atoms with Crippen molar-refractivity contribution in [3.8, 4) is 0 Å². The summed E-state index contributed by atoms with van der Waals surface area (Å²) < 4.78 is 13.4. The highest BCUT2D eigenvalue weighted by atomic mass is 19.1. The van der Waals surface area contributed by atoms with Gasteiger partial charge in [0, 0.05) is 30.9 Å². The van der Waals surface area contributed by atoms with E-state index in [2.05, 4.69) is 9.88 Å². The van der Waals surface area contributed by atoms with Gasteiger partial charge < -0.3 is 5.73 Å². The number of aromatic nitrogens is 1. The Labute approximate surface area is 119 Å². The van der Waals surface area contributed by atoms with Gasteiger partial charge in [0.1, 0.15) is 5.82 Å². The summed E-state index contributed by atoms with van der Waals surface area (Å²) >= 11 is 0. The van der Waals surface area contributed by atoms with Crippen LogP contribution in [0.1, 0.15) is 22.5 Å². The van der Waals surface area contributed by atoms with Crippen LogP contribution in [0.3, 0.4) is 0 Å². The lowest BCUT2D eigenvalue weighted by Gasteiger charge is -2.17. The molecule has 0 atom stereocenters. The molecule has 4 heteroatoms. The highest BCUT2D eigenvalue weighted by Gasteiger charge is 2.06. The van der Waals surface area contributed by atoms with E-state index in [-0.39, 0.29) is 12.4 Å². The zero-order valence-corrected chi connectivity index (χ0v) is 11.9. The third-order valence-electron chi connectivity index (χ3n) is 3.16. The minimum atomic E-state index is -0.237. The van der Waals surface area contributed by atoms with Crippen molar-refractivity contribution in [2.75, 3.05) is 7.05 Å². The van der Waals surface area contributed by atoms with E-state index in [1.165, 1.54) is 6.07 Å². The summed E-state index contributed by atoms with van der Waals surface area (Å²) in [6, 6.07) is 11.1. The van der Waals surface area contributed by atoms with Gasteiger partial charge in [0.2, 0.25) is 0 Å². The second-order valence-electron chi connectivity index (χ2n) is 5.07. The second kappa shape index (κ2) is 6.59. The van der Waals surface area contributed by atoms with Crippen LogP contribution in [0.2, 0.25) is 0 Å². The Balaban J connectivity index is 2.02. The van der Waals surface area contributed by atoms with Gasteiger partial charge in [-0.1, -0.05) is 18.2 Å². The lowest BCUT2D eigenvalue weighted by molar-refractivity contribution is 0.314. The molecule has 0 spiro atoms. The molecule has 0 radical (unpaired) electrons. The Kier molecular flexibility index (Phi) is 4.82. The first kappa shape index (κ1) is 14.6. The zero-order chi connectivity index (χ0) is 14.5. The summed E-state index contributed by atoms with van der Waals surface area (Å²) in [6.45, 7) is 3.71. The third-order valence-corrected chi connectivity index (χ3v) is 3.16. The van der Waals surface area contributed by atoms with E-state index in [0.717, 1.165) is 30.0 Å². The van der Waals surface area contributed by atoms with E-state index in [1.54, 1.807) is 6.07 Å². The first-order chi connectivity index (χ1) is 9.58. The number of rotatable bonds is 5. The third kappa shape index (κ3) is 3.85. The Hall–Kier alpha value is -1.78. The average Bonchev–Trinajstić information content (AvgIpc) is 2.41. The maximum absolute atomic E-state index is 13.4. The van der Waals surface area contributed by atoms with Gasteiger partial charge in [0.15, 0.2) is 0 Å². The Morgan fingerprint density at radius 3 is 2.70 bits per heavy atom. The standard InChI is InChI=1S/C16H20FN3/c1-12-4-3-5-15(19-12)11-20(2)10-13-6-7-16(17)14(8-13)9-18/h3-8H,9-11,18H2,1-2H3. The predicted octanol–water partition coefficient (Wildman–Crippen LogP) is 2.62. The lowest BCUT2D eigenvalue weighted by atomic mass is 10.1. The summed E-state index contributed by atoms with van der Waals surface area (Å²) in [6.07, 6.45) is 0. The van der Waals surface area contributed by atoms with E-state index in [9.17, 15) is 4.39 Å². The first-order valence-corrected chi connectivity index (χ1v) is 6.67. The monoisotopic (exact) mass is 273 g/mol. The maximum Gasteiger partial charge on any atom is 0.127 e. The number of hydrogen-bond acceptors (Lipinski definition) is 3. The van der Waals surface area contributed by atoms with Crippen LogP contribution < -0.4 is 5.73 Å². The summed E-state index contributed by atoms with van der Waals surface area (Å²) in [7, 11) is 2.02. The molecule has 0 unspecified atom stereocenters. The molecule has 2 rings (SSSR count). The quantitative estimate of drug-likeness (QED) is 0.910. The molecule has 1 heterocycles. The topological polar surface area (TPSA) is 42.1 Å². The number of nitrogens with zero attached hydrogens (tertiary/aromatic N) is 2. The number of aryl methyl sites for hydroxylation is 1. The zero-order valence-electron chi connectivity index (χ0n) is 11.9. The van der Waals surface area contributed by atoms with Crippen molar-refractivity contribution in [1.82, 2.24) is 9.88 Å². The van der Waals surface area contributed by atoms with Crippen molar-refractivity contribution < 1.29 is 4.39 Å². The fourth-order valence-electron chi connectivity index (χ4n) is 2.21. The number of hydrogen-bond donors (Lipinski definition) is 1. The van der Waals surface area contributed by atoms with Crippen LogP contribution in [0.25, 0.3) is 0 Å². The van der Waals surface area contributed by atoms with E-state index >= 15 is 0 Å². The van der Waals surface area contributed by atoms with Gasteiger partial charge >= 0.3 is 0 Å². The lowest BCUT2D eigenvalue weighted by Crippen LogP contribution is -2.18. The molecule has 0 amide bonds. The molecule has 20 heavy (non-hydrogen) atoms. The summed E-state index contributed by atoms with van der Waals surface area (Å²) in [4.78, 5) is 6.63. The predicted molar refractivity (Wildman–Crippen MR) is 78.4 cm³/mol. The van der Waals surface area contributed by atoms with Crippen molar-refractivity contribution in [2.24, 2.45) is 5.73 Å². The Bertz CT molecular complexity index is 584. The largest absolute Gasteiger partial charge is 0.326 e. The van der Waals surface area contributed by atoms with Crippen molar-refractivity contribution in [3.63, 3.8) is 0 Å². The van der Waals surface area contributed by atoms with Crippen LogP contribution in [0.4, 0.5) is 4.39 Å². The van der Waals surface area contributed by atoms with E-state index < -0.39 is 0 Å². The molecule has 2 N–H and O–H groups in total. The van der Waals surface area contributed by atoms with Crippen LogP contribution in [-0.2, 0) is 19.6 Å². The summed E-state index contributed by atoms with van der Waals surface area (Å²) in [5.41, 5.74) is 9.20. The normalized spacial score (nSPS) is 11.1. The molecule has 0 saturated carbocycles. The van der Waals surface area contributed by atoms with E-state index in [4.69, 9.17) is 5.73 Å². The smallest absolute Gasteiger partial charge is 0.127 e. The molecule has 1 aromatic heterocycles. The Morgan fingerprint density at radius 2 is 2.00 bits per heavy atom. The Morgan fingerprint density at radius 1 is 1.20 bits per heavy atom. The fraction of sp³-hybridized carbons (Fsp3) is 0.312. The maximum atomic E-state index is 13.4. The second-order valence-corrected chi connectivity index (χ2v) is 5.07. The van der Waals surface area contributed by atoms with Gasteiger partial charge in [-0.2, -0.15) is 0 Å². The molecule has 1 aromatic carbocycles. The van der Waals surface area contributed by atoms with Crippen molar-refractivity contribution in [1.29, 1.82) is 0 Å². The van der Waals surface area contributed by atoms with Gasteiger partial charge in [-0.15, -0.1) is 0 Å². The highest BCUT2D eigenvalue weighted by Crippen LogP contribution is 2.12.